The minimum atomic E-state index is -4.48. The number of carbonyl (C=O) groups is 2. The van der Waals surface area contributed by atoms with Gasteiger partial charge in [-0.25, -0.2) is 0 Å². The number of nitrogens with one attached hydrogen (secondary N) is 3. The number of amides is 2. The smallest absolute Gasteiger partial charge is 0.389 e. The third-order valence-electron chi connectivity index (χ3n) is 5.82. The van der Waals surface area contributed by atoms with E-state index < -0.39 is 29.7 Å². The molecule has 2 amide bonds. The zero-order valence-electron chi connectivity index (χ0n) is 17.6. The van der Waals surface area contributed by atoms with Gasteiger partial charge in [0.1, 0.15) is 0 Å². The molecule has 1 saturated heterocycles. The summed E-state index contributed by atoms with van der Waals surface area (Å²) in [5.74, 6) is -1.77. The maximum atomic E-state index is 12.8. The van der Waals surface area contributed by atoms with Gasteiger partial charge in [0.05, 0.1) is 30.4 Å². The van der Waals surface area contributed by atoms with Gasteiger partial charge in [0.2, 0.25) is 0 Å². The maximum Gasteiger partial charge on any atom is 0.416 e. The van der Waals surface area contributed by atoms with Crippen molar-refractivity contribution in [1.29, 1.82) is 0 Å². The summed E-state index contributed by atoms with van der Waals surface area (Å²) in [6.45, 7) is 0.303. The molecule has 1 fully saturated rings. The summed E-state index contributed by atoms with van der Waals surface area (Å²) in [6, 6.07) is 10.3. The van der Waals surface area contributed by atoms with Crippen LogP contribution in [0.25, 0.3) is 0 Å². The number of alkyl halides is 3. The molecule has 176 valence electrons. The zero-order valence-corrected chi connectivity index (χ0v) is 17.6. The third kappa shape index (κ3) is 5.45. The lowest BCUT2D eigenvalue weighted by Gasteiger charge is -2.40. The summed E-state index contributed by atoms with van der Waals surface area (Å²) < 4.78 is 44.0. The fourth-order valence-corrected chi connectivity index (χ4v) is 4.04. The highest BCUT2D eigenvalue weighted by Gasteiger charge is 2.36. The topological polar surface area (TPSA) is 99.7 Å². The fourth-order valence-electron chi connectivity index (χ4n) is 4.04. The Hall–Kier alpha value is -3.11. The van der Waals surface area contributed by atoms with Gasteiger partial charge in [-0.1, -0.05) is 24.3 Å². The number of anilines is 1. The van der Waals surface area contributed by atoms with E-state index in [2.05, 4.69) is 16.0 Å². The SMILES string of the molecule is O=C(NCCc1ccc2c(c1)[C@@H]1C[C@H](N2)[C@H](O)CO1)C(=O)NCc1cccc(C(F)(F)F)c1. The normalized spacial score (nSPS) is 21.5. The lowest BCUT2D eigenvalue weighted by atomic mass is 9.89. The minimum absolute atomic E-state index is 0.0316. The van der Waals surface area contributed by atoms with Crippen LogP contribution in [0.15, 0.2) is 42.5 Å². The second-order valence-corrected chi connectivity index (χ2v) is 8.18. The number of fused-ring (bicyclic) bond motifs is 4. The second-order valence-electron chi connectivity index (χ2n) is 8.18. The van der Waals surface area contributed by atoms with Crippen LogP contribution in [0.5, 0.6) is 0 Å². The van der Waals surface area contributed by atoms with E-state index >= 15 is 0 Å². The predicted octanol–water partition coefficient (Wildman–Crippen LogP) is 2.30. The van der Waals surface area contributed by atoms with E-state index in [1.54, 1.807) is 0 Å². The quantitative estimate of drug-likeness (QED) is 0.510. The van der Waals surface area contributed by atoms with Gasteiger partial charge in [0.25, 0.3) is 0 Å². The molecule has 2 heterocycles. The third-order valence-corrected chi connectivity index (χ3v) is 5.82. The van der Waals surface area contributed by atoms with Gasteiger partial charge >= 0.3 is 18.0 Å². The van der Waals surface area contributed by atoms with Crippen LogP contribution in [0, 0.1) is 0 Å². The summed E-state index contributed by atoms with van der Waals surface area (Å²) >= 11 is 0. The molecule has 4 rings (SSSR count). The van der Waals surface area contributed by atoms with Crippen molar-refractivity contribution in [3.05, 3.63) is 64.7 Å². The van der Waals surface area contributed by atoms with E-state index in [1.807, 2.05) is 18.2 Å². The standard InChI is InChI=1S/C23H24F3N3O4/c24-23(25,26)15-3-1-2-14(8-15)11-28-22(32)21(31)27-7-6-13-4-5-17-16(9-13)20-10-18(29-17)19(30)12-33-20/h1-5,8-9,18-20,29-30H,6-7,10-12H2,(H,27,31)(H,28,32)/t18-,19+,20-/m0/s1. The van der Waals surface area contributed by atoms with Crippen molar-refractivity contribution in [2.75, 3.05) is 18.5 Å². The summed E-state index contributed by atoms with van der Waals surface area (Å²) in [5, 5.41) is 18.1. The van der Waals surface area contributed by atoms with Crippen LogP contribution in [-0.4, -0.2) is 42.2 Å². The highest BCUT2D eigenvalue weighted by atomic mass is 19.4. The van der Waals surface area contributed by atoms with Gasteiger partial charge in [0, 0.05) is 30.8 Å². The molecule has 2 aromatic carbocycles. The molecule has 10 heteroatoms. The fraction of sp³-hybridized carbons (Fsp3) is 0.391. The van der Waals surface area contributed by atoms with Crippen molar-refractivity contribution in [2.45, 2.75) is 43.8 Å². The Labute approximate surface area is 188 Å². The van der Waals surface area contributed by atoms with E-state index in [-0.39, 0.29) is 37.4 Å². The van der Waals surface area contributed by atoms with E-state index in [0.717, 1.165) is 28.9 Å². The number of aliphatic hydroxyl groups excluding tert-OH is 1. The molecule has 2 aliphatic heterocycles. The highest BCUT2D eigenvalue weighted by molar-refractivity contribution is 6.35. The van der Waals surface area contributed by atoms with Crippen molar-refractivity contribution in [2.24, 2.45) is 0 Å². The summed E-state index contributed by atoms with van der Waals surface area (Å²) in [7, 11) is 0. The highest BCUT2D eigenvalue weighted by Crippen LogP contribution is 2.39. The van der Waals surface area contributed by atoms with Crippen LogP contribution in [0.2, 0.25) is 0 Å². The van der Waals surface area contributed by atoms with Crippen LogP contribution in [0.4, 0.5) is 18.9 Å². The zero-order chi connectivity index (χ0) is 23.6. The van der Waals surface area contributed by atoms with Crippen molar-refractivity contribution in [3.63, 3.8) is 0 Å². The van der Waals surface area contributed by atoms with Crippen molar-refractivity contribution < 1.29 is 32.6 Å². The predicted molar refractivity (Wildman–Crippen MR) is 113 cm³/mol. The molecule has 0 aliphatic carbocycles. The Balaban J connectivity index is 1.26. The molecule has 2 bridgehead atoms. The molecule has 4 N–H and O–H groups in total. The molecule has 7 nitrogen and oxygen atoms in total. The summed E-state index contributed by atoms with van der Waals surface area (Å²) in [6.07, 6.45) is -3.94. The number of hydrogen-bond acceptors (Lipinski definition) is 5. The van der Waals surface area contributed by atoms with Gasteiger partial charge in [-0.2, -0.15) is 13.2 Å². The molecule has 2 aromatic rings. The molecule has 0 aromatic heterocycles. The van der Waals surface area contributed by atoms with Crippen LogP contribution >= 0.6 is 0 Å². The van der Waals surface area contributed by atoms with Crippen LogP contribution < -0.4 is 16.0 Å². The van der Waals surface area contributed by atoms with Gasteiger partial charge in [0.15, 0.2) is 0 Å². The van der Waals surface area contributed by atoms with Crippen LogP contribution in [0.1, 0.15) is 34.8 Å². The van der Waals surface area contributed by atoms with E-state index in [9.17, 15) is 27.9 Å². The molecule has 0 saturated carbocycles. The number of benzene rings is 2. The van der Waals surface area contributed by atoms with Crippen molar-refractivity contribution in [3.8, 4) is 0 Å². The van der Waals surface area contributed by atoms with Crippen molar-refractivity contribution >= 4 is 17.5 Å². The molecule has 2 aliphatic rings. The van der Waals surface area contributed by atoms with Crippen LogP contribution in [-0.2, 0) is 33.5 Å². The number of hydrogen-bond donors (Lipinski definition) is 4. The average molecular weight is 463 g/mol. The summed E-state index contributed by atoms with van der Waals surface area (Å²) in [4.78, 5) is 24.0. The Bertz CT molecular complexity index is 1040. The first-order valence-corrected chi connectivity index (χ1v) is 10.6. The van der Waals surface area contributed by atoms with Crippen LogP contribution in [0.3, 0.4) is 0 Å². The van der Waals surface area contributed by atoms with E-state index in [1.165, 1.54) is 12.1 Å². The number of ether oxygens (including phenoxy) is 1. The first-order valence-electron chi connectivity index (χ1n) is 10.6. The van der Waals surface area contributed by atoms with Gasteiger partial charge < -0.3 is 25.8 Å². The molecular formula is C23H24F3N3O4. The second kappa shape index (κ2) is 9.40. The lowest BCUT2D eigenvalue weighted by molar-refractivity contribution is -0.139. The first kappa shape index (κ1) is 23.1. The molecule has 3 atom stereocenters. The monoisotopic (exact) mass is 463 g/mol. The molecule has 0 unspecified atom stereocenters. The summed E-state index contributed by atoms with van der Waals surface area (Å²) in [5.41, 5.74) is 2.29. The Kier molecular flexibility index (Phi) is 6.57. The average Bonchev–Trinajstić information content (AvgIpc) is 2.79. The Morgan fingerprint density at radius 2 is 1.88 bits per heavy atom. The van der Waals surface area contributed by atoms with E-state index in [0.29, 0.717) is 12.8 Å². The van der Waals surface area contributed by atoms with Gasteiger partial charge in [-0.05, 0) is 35.7 Å². The van der Waals surface area contributed by atoms with Gasteiger partial charge in [-0.15, -0.1) is 0 Å². The maximum absolute atomic E-state index is 12.8. The minimum Gasteiger partial charge on any atom is -0.389 e. The molecule has 0 spiro atoms. The number of rotatable bonds is 5. The number of aliphatic hydroxyl groups is 1. The Morgan fingerprint density at radius 3 is 2.67 bits per heavy atom. The van der Waals surface area contributed by atoms with E-state index in [4.69, 9.17) is 4.74 Å². The molecular weight excluding hydrogens is 439 g/mol. The number of halogens is 3. The first-order chi connectivity index (χ1) is 15.7. The molecule has 33 heavy (non-hydrogen) atoms. The molecule has 0 radical (unpaired) electrons. The lowest BCUT2D eigenvalue weighted by Crippen LogP contribution is -2.46. The van der Waals surface area contributed by atoms with Crippen molar-refractivity contribution in [1.82, 2.24) is 10.6 Å². The largest absolute Gasteiger partial charge is 0.416 e. The Morgan fingerprint density at radius 1 is 1.09 bits per heavy atom. The number of carbonyl (C=O) groups excluding carboxylic acids is 2. The van der Waals surface area contributed by atoms with Gasteiger partial charge in [-0.3, -0.25) is 9.59 Å².